The second-order valence-electron chi connectivity index (χ2n) is 7.40. The molecule has 0 saturated carbocycles. The summed E-state index contributed by atoms with van der Waals surface area (Å²) in [4.78, 5) is 26.1. The van der Waals surface area contributed by atoms with E-state index in [4.69, 9.17) is 9.47 Å². The lowest BCUT2D eigenvalue weighted by Gasteiger charge is -2.17. The molecule has 0 spiro atoms. The van der Waals surface area contributed by atoms with Crippen LogP contribution in [0, 0.1) is 0 Å². The van der Waals surface area contributed by atoms with E-state index in [2.05, 4.69) is 0 Å². The molecule has 0 N–H and O–H groups in total. The Morgan fingerprint density at radius 3 is 1.70 bits per heavy atom. The van der Waals surface area contributed by atoms with Crippen LogP contribution in [-0.2, 0) is 9.59 Å². The van der Waals surface area contributed by atoms with E-state index >= 15 is 0 Å². The van der Waals surface area contributed by atoms with Gasteiger partial charge < -0.3 is 9.47 Å². The Morgan fingerprint density at radius 1 is 0.667 bits per heavy atom. The topological polar surface area (TPSA) is 52.6 Å². The molecule has 4 aromatic carbocycles. The van der Waals surface area contributed by atoms with Crippen molar-refractivity contribution in [2.75, 3.05) is 0 Å². The molecule has 4 rings (SSSR count). The first-order valence-corrected chi connectivity index (χ1v) is 11.1. The van der Waals surface area contributed by atoms with Gasteiger partial charge in [-0.2, -0.15) is 0 Å². The van der Waals surface area contributed by atoms with E-state index in [0.29, 0.717) is 21.5 Å². The van der Waals surface area contributed by atoms with Crippen LogP contribution in [0.4, 0.5) is 8.78 Å². The van der Waals surface area contributed by atoms with Gasteiger partial charge in [0.15, 0.2) is 12.3 Å². The predicted octanol–water partition coefficient (Wildman–Crippen LogP) is 6.67. The van der Waals surface area contributed by atoms with Gasteiger partial charge in [0.05, 0.1) is 0 Å². The van der Waals surface area contributed by atoms with Gasteiger partial charge in [-0.25, -0.2) is 18.4 Å². The molecule has 2 unspecified atom stereocenters. The van der Waals surface area contributed by atoms with E-state index in [1.165, 1.54) is 11.8 Å². The molecule has 33 heavy (non-hydrogen) atoms. The third-order valence-electron chi connectivity index (χ3n) is 4.93. The normalized spacial score (nSPS) is 13.0. The van der Waals surface area contributed by atoms with E-state index in [9.17, 15) is 18.4 Å². The number of hydrogen-bond acceptors (Lipinski definition) is 5. The molecule has 0 aromatic heterocycles. The lowest BCUT2D eigenvalue weighted by Crippen LogP contribution is -2.20. The molecule has 0 aliphatic rings. The van der Waals surface area contributed by atoms with E-state index in [-0.39, 0.29) is 11.5 Å². The van der Waals surface area contributed by atoms with Crippen LogP contribution in [0.25, 0.3) is 21.5 Å². The molecular weight excluding hydrogens is 446 g/mol. The Hall–Kier alpha value is -3.45. The number of ether oxygens (including phenoxy) is 2. The zero-order chi connectivity index (χ0) is 23.5. The number of rotatable bonds is 6. The molecule has 2 atom stereocenters. The standard InChI is InChI=1S/C26H20F2O4S/c1-15(27)25(29)31-23-19-10-6-7-11-20(19)24(32-26(30)16(2)28)22-14-18(12-13-21(22)23)33-17-8-4-3-5-9-17/h3-16H,1-2H3. The van der Waals surface area contributed by atoms with Crippen LogP contribution >= 0.6 is 11.8 Å². The molecular formula is C26H20F2O4S. The number of carbonyl (C=O) groups excluding carboxylic acids is 2. The summed E-state index contributed by atoms with van der Waals surface area (Å²) in [5.74, 6) is -1.77. The summed E-state index contributed by atoms with van der Waals surface area (Å²) in [6, 6.07) is 21.8. The van der Waals surface area contributed by atoms with Crippen LogP contribution in [0.5, 0.6) is 11.5 Å². The second-order valence-corrected chi connectivity index (χ2v) is 8.55. The van der Waals surface area contributed by atoms with Crippen LogP contribution in [0.2, 0.25) is 0 Å². The number of esters is 2. The molecule has 0 aliphatic heterocycles. The Labute approximate surface area is 193 Å². The van der Waals surface area contributed by atoms with Gasteiger partial charge in [-0.15, -0.1) is 0 Å². The molecule has 0 aliphatic carbocycles. The quantitative estimate of drug-likeness (QED) is 0.180. The highest BCUT2D eigenvalue weighted by atomic mass is 32.2. The fourth-order valence-electron chi connectivity index (χ4n) is 3.35. The third-order valence-corrected chi connectivity index (χ3v) is 5.93. The average Bonchev–Trinajstić information content (AvgIpc) is 2.81. The largest absolute Gasteiger partial charge is 0.423 e. The van der Waals surface area contributed by atoms with Gasteiger partial charge in [-0.05, 0) is 44.2 Å². The first kappa shape index (κ1) is 22.7. The summed E-state index contributed by atoms with van der Waals surface area (Å²) >= 11 is 1.48. The molecule has 4 aromatic rings. The number of benzene rings is 4. The van der Waals surface area contributed by atoms with E-state index in [1.54, 1.807) is 36.4 Å². The number of hydrogen-bond donors (Lipinski definition) is 0. The molecule has 0 fully saturated rings. The molecule has 0 bridgehead atoms. The molecule has 7 heteroatoms. The van der Waals surface area contributed by atoms with Crippen LogP contribution in [0.15, 0.2) is 82.6 Å². The van der Waals surface area contributed by atoms with Crippen molar-refractivity contribution in [1.29, 1.82) is 0 Å². The maximum atomic E-state index is 13.7. The summed E-state index contributed by atoms with van der Waals surface area (Å²) in [7, 11) is 0. The van der Waals surface area contributed by atoms with Crippen molar-refractivity contribution in [3.63, 3.8) is 0 Å². The zero-order valence-electron chi connectivity index (χ0n) is 17.9. The van der Waals surface area contributed by atoms with Gasteiger partial charge in [0.25, 0.3) is 0 Å². The Bertz CT molecular complexity index is 1340. The highest BCUT2D eigenvalue weighted by Crippen LogP contribution is 2.45. The number of alkyl halides is 2. The minimum Gasteiger partial charge on any atom is -0.423 e. The smallest absolute Gasteiger partial charge is 0.345 e. The van der Waals surface area contributed by atoms with Crippen LogP contribution in [-0.4, -0.2) is 24.3 Å². The van der Waals surface area contributed by atoms with E-state index < -0.39 is 24.3 Å². The maximum absolute atomic E-state index is 13.7. The van der Waals surface area contributed by atoms with Crippen LogP contribution in [0.1, 0.15) is 13.8 Å². The van der Waals surface area contributed by atoms with E-state index in [1.807, 2.05) is 36.4 Å². The third kappa shape index (κ3) is 4.83. The fourth-order valence-corrected chi connectivity index (χ4v) is 4.23. The minimum atomic E-state index is -1.83. The van der Waals surface area contributed by atoms with Crippen molar-refractivity contribution in [3.05, 3.63) is 72.8 Å². The van der Waals surface area contributed by atoms with Crippen LogP contribution in [0.3, 0.4) is 0 Å². The van der Waals surface area contributed by atoms with Crippen molar-refractivity contribution < 1.29 is 27.8 Å². The first-order chi connectivity index (χ1) is 15.8. The summed E-state index contributed by atoms with van der Waals surface area (Å²) in [6.45, 7) is 2.20. The lowest BCUT2D eigenvalue weighted by atomic mass is 10.0. The Balaban J connectivity index is 1.96. The van der Waals surface area contributed by atoms with Crippen LogP contribution < -0.4 is 9.47 Å². The highest BCUT2D eigenvalue weighted by molar-refractivity contribution is 7.99. The highest BCUT2D eigenvalue weighted by Gasteiger charge is 2.24. The molecule has 0 amide bonds. The van der Waals surface area contributed by atoms with Crippen molar-refractivity contribution in [2.45, 2.75) is 36.0 Å². The zero-order valence-corrected chi connectivity index (χ0v) is 18.7. The lowest BCUT2D eigenvalue weighted by molar-refractivity contribution is -0.140. The van der Waals surface area contributed by atoms with Gasteiger partial charge >= 0.3 is 11.9 Å². The van der Waals surface area contributed by atoms with Gasteiger partial charge in [0, 0.05) is 31.3 Å². The molecule has 0 saturated heterocycles. The molecule has 4 nitrogen and oxygen atoms in total. The van der Waals surface area contributed by atoms with E-state index in [0.717, 1.165) is 23.6 Å². The average molecular weight is 467 g/mol. The first-order valence-electron chi connectivity index (χ1n) is 10.3. The molecule has 0 radical (unpaired) electrons. The monoisotopic (exact) mass is 466 g/mol. The molecule has 0 heterocycles. The number of fused-ring (bicyclic) bond motifs is 2. The SMILES string of the molecule is CC(F)C(=O)Oc1c2ccccc2c(OC(=O)C(C)F)c2cc(Sc3ccccc3)ccc12. The van der Waals surface area contributed by atoms with Crippen molar-refractivity contribution >= 4 is 45.2 Å². The minimum absolute atomic E-state index is 0.152. The number of carbonyl (C=O) groups is 2. The summed E-state index contributed by atoms with van der Waals surface area (Å²) in [5, 5.41) is 1.76. The Kier molecular flexibility index (Phi) is 6.60. The summed E-state index contributed by atoms with van der Waals surface area (Å²) in [5.41, 5.74) is 0. The van der Waals surface area contributed by atoms with Crippen molar-refractivity contribution in [1.82, 2.24) is 0 Å². The number of halogens is 2. The fraction of sp³-hybridized carbons (Fsp3) is 0.154. The molecule has 168 valence electrons. The van der Waals surface area contributed by atoms with Crippen molar-refractivity contribution in [2.24, 2.45) is 0 Å². The van der Waals surface area contributed by atoms with Crippen molar-refractivity contribution in [3.8, 4) is 11.5 Å². The maximum Gasteiger partial charge on any atom is 0.345 e. The van der Waals surface area contributed by atoms with Gasteiger partial charge in [-0.1, -0.05) is 54.2 Å². The second kappa shape index (κ2) is 9.58. The van der Waals surface area contributed by atoms with Gasteiger partial charge in [0.2, 0.25) is 0 Å². The Morgan fingerprint density at radius 2 is 1.15 bits per heavy atom. The summed E-state index contributed by atoms with van der Waals surface area (Å²) in [6.07, 6.45) is -3.65. The van der Waals surface area contributed by atoms with Gasteiger partial charge in [-0.3, -0.25) is 0 Å². The predicted molar refractivity (Wildman–Crippen MR) is 124 cm³/mol. The summed E-state index contributed by atoms with van der Waals surface area (Å²) < 4.78 is 38.2. The van der Waals surface area contributed by atoms with Gasteiger partial charge in [0.1, 0.15) is 11.5 Å².